The van der Waals surface area contributed by atoms with Gasteiger partial charge in [0, 0.05) is 11.3 Å². The van der Waals surface area contributed by atoms with Gasteiger partial charge in [-0.15, -0.1) is 0 Å². The topological polar surface area (TPSA) is 110 Å². The minimum absolute atomic E-state index is 0.133. The summed E-state index contributed by atoms with van der Waals surface area (Å²) in [6.45, 7) is 0.896. The van der Waals surface area contributed by atoms with Crippen LogP contribution in [0.2, 0.25) is 0 Å². The largest absolute Gasteiger partial charge is 0.452 e. The fourth-order valence-electron chi connectivity index (χ4n) is 4.42. The molecule has 2 aromatic rings. The van der Waals surface area contributed by atoms with Crippen LogP contribution in [-0.4, -0.2) is 36.1 Å². The number of nitrogens with zero attached hydrogens (tertiary/aromatic N) is 1. The number of amides is 3. The minimum Gasteiger partial charge on any atom is -0.452 e. The molecular formula is C25H24N2O6. The number of imide groups is 1. The molecule has 0 radical (unpaired) electrons. The normalized spacial score (nSPS) is 19.7. The molecule has 0 aromatic heterocycles. The number of carbonyl (C=O) groups excluding carboxylic acids is 5. The summed E-state index contributed by atoms with van der Waals surface area (Å²) < 4.78 is 5.10. The fourth-order valence-corrected chi connectivity index (χ4v) is 4.42. The minimum atomic E-state index is -0.749. The molecular weight excluding hydrogens is 424 g/mol. The van der Waals surface area contributed by atoms with Crippen molar-refractivity contribution in [1.29, 1.82) is 0 Å². The molecule has 2 fully saturated rings. The number of anilines is 2. The highest BCUT2D eigenvalue weighted by Crippen LogP contribution is 2.40. The van der Waals surface area contributed by atoms with Crippen molar-refractivity contribution in [3.05, 3.63) is 59.7 Å². The van der Waals surface area contributed by atoms with E-state index in [0.717, 1.165) is 12.8 Å². The maximum Gasteiger partial charge on any atom is 0.338 e. The summed E-state index contributed by atoms with van der Waals surface area (Å²) in [5.41, 5.74) is 1.33. The van der Waals surface area contributed by atoms with E-state index >= 15 is 0 Å². The van der Waals surface area contributed by atoms with Crippen LogP contribution in [-0.2, 0) is 19.1 Å². The van der Waals surface area contributed by atoms with Crippen LogP contribution in [0.25, 0.3) is 0 Å². The average molecular weight is 448 g/mol. The van der Waals surface area contributed by atoms with Crippen LogP contribution in [0.5, 0.6) is 0 Å². The Labute approximate surface area is 190 Å². The predicted molar refractivity (Wildman–Crippen MR) is 120 cm³/mol. The highest BCUT2D eigenvalue weighted by molar-refractivity contribution is 6.22. The lowest BCUT2D eigenvalue weighted by Crippen LogP contribution is -2.31. The van der Waals surface area contributed by atoms with Crippen molar-refractivity contribution in [2.75, 3.05) is 16.8 Å². The molecule has 8 nitrogen and oxygen atoms in total. The van der Waals surface area contributed by atoms with E-state index in [-0.39, 0.29) is 35.0 Å². The van der Waals surface area contributed by atoms with Gasteiger partial charge in [-0.1, -0.05) is 31.0 Å². The van der Waals surface area contributed by atoms with E-state index in [0.29, 0.717) is 29.8 Å². The van der Waals surface area contributed by atoms with Gasteiger partial charge in [0.25, 0.3) is 5.91 Å². The van der Waals surface area contributed by atoms with Crippen molar-refractivity contribution >= 4 is 40.8 Å². The van der Waals surface area contributed by atoms with Gasteiger partial charge < -0.3 is 10.1 Å². The molecule has 0 unspecified atom stereocenters. The number of ether oxygens (including phenoxy) is 1. The number of carbonyl (C=O) groups is 5. The van der Waals surface area contributed by atoms with E-state index < -0.39 is 18.5 Å². The molecule has 0 spiro atoms. The van der Waals surface area contributed by atoms with Crippen molar-refractivity contribution in [1.82, 2.24) is 0 Å². The van der Waals surface area contributed by atoms with Gasteiger partial charge in [0.1, 0.15) is 0 Å². The number of hydrogen-bond acceptors (Lipinski definition) is 6. The fraction of sp³-hybridized carbons (Fsp3) is 0.320. The molecule has 170 valence electrons. The molecule has 2 aliphatic rings. The van der Waals surface area contributed by atoms with Crippen molar-refractivity contribution in [3.8, 4) is 0 Å². The van der Waals surface area contributed by atoms with E-state index in [9.17, 15) is 24.0 Å². The summed E-state index contributed by atoms with van der Waals surface area (Å²) in [6, 6.07) is 12.5. The Bertz CT molecular complexity index is 1120. The highest BCUT2D eigenvalue weighted by atomic mass is 16.5. The van der Waals surface area contributed by atoms with Crippen LogP contribution in [0.15, 0.2) is 48.5 Å². The number of esters is 1. The van der Waals surface area contributed by atoms with E-state index in [2.05, 4.69) is 5.32 Å². The van der Waals surface area contributed by atoms with E-state index in [1.807, 2.05) is 0 Å². The van der Waals surface area contributed by atoms with Crippen LogP contribution in [0.1, 0.15) is 53.3 Å². The first kappa shape index (κ1) is 22.4. The standard InChI is InChI=1S/C25H24N2O6/c1-15(28)16-6-4-8-18(12-16)26-22(29)14-33-25(32)17-7-5-9-19(13-17)27-23(30)20-10-2-3-11-21(20)24(27)31/h4-9,12-13,20-21H,2-3,10-11,14H2,1H3,(H,26,29)/t20-,21+. The molecule has 1 aliphatic carbocycles. The molecule has 0 bridgehead atoms. The van der Waals surface area contributed by atoms with Crippen LogP contribution >= 0.6 is 0 Å². The Morgan fingerprint density at radius 2 is 1.58 bits per heavy atom. The molecule has 2 aromatic carbocycles. The van der Waals surface area contributed by atoms with Gasteiger partial charge in [0.05, 0.1) is 23.1 Å². The van der Waals surface area contributed by atoms with Gasteiger partial charge in [-0.25, -0.2) is 4.79 Å². The van der Waals surface area contributed by atoms with Crippen LogP contribution in [0, 0.1) is 11.8 Å². The summed E-state index contributed by atoms with van der Waals surface area (Å²) in [4.78, 5) is 62.9. The van der Waals surface area contributed by atoms with Gasteiger partial charge in [-0.05, 0) is 50.1 Å². The first-order chi connectivity index (χ1) is 15.8. The average Bonchev–Trinajstić information content (AvgIpc) is 3.08. The molecule has 1 saturated heterocycles. The van der Waals surface area contributed by atoms with Crippen molar-refractivity contribution in [3.63, 3.8) is 0 Å². The second-order valence-electron chi connectivity index (χ2n) is 8.32. The second kappa shape index (κ2) is 9.36. The summed E-state index contributed by atoms with van der Waals surface area (Å²) in [7, 11) is 0. The molecule has 1 saturated carbocycles. The zero-order chi connectivity index (χ0) is 23.5. The zero-order valence-electron chi connectivity index (χ0n) is 18.2. The predicted octanol–water partition coefficient (Wildman–Crippen LogP) is 3.36. The zero-order valence-corrected chi connectivity index (χ0v) is 18.2. The van der Waals surface area contributed by atoms with E-state index in [1.54, 1.807) is 30.3 Å². The number of hydrogen-bond donors (Lipinski definition) is 1. The molecule has 4 rings (SSSR count). The molecule has 1 aliphatic heterocycles. The smallest absolute Gasteiger partial charge is 0.338 e. The van der Waals surface area contributed by atoms with Crippen molar-refractivity contribution < 1.29 is 28.7 Å². The van der Waals surface area contributed by atoms with Crippen LogP contribution < -0.4 is 10.2 Å². The number of benzene rings is 2. The van der Waals surface area contributed by atoms with Crippen molar-refractivity contribution in [2.24, 2.45) is 11.8 Å². The van der Waals surface area contributed by atoms with E-state index in [4.69, 9.17) is 4.74 Å². The summed E-state index contributed by atoms with van der Waals surface area (Å²) in [6.07, 6.45) is 3.28. The third-order valence-corrected chi connectivity index (χ3v) is 6.07. The highest BCUT2D eigenvalue weighted by Gasteiger charge is 2.48. The molecule has 1 heterocycles. The lowest BCUT2D eigenvalue weighted by Gasteiger charge is -2.19. The first-order valence-corrected chi connectivity index (χ1v) is 10.9. The number of ketones is 1. The second-order valence-corrected chi connectivity index (χ2v) is 8.32. The third-order valence-electron chi connectivity index (χ3n) is 6.07. The summed E-state index contributed by atoms with van der Waals surface area (Å²) in [5.74, 6) is -2.45. The van der Waals surface area contributed by atoms with Crippen LogP contribution in [0.3, 0.4) is 0 Å². The molecule has 33 heavy (non-hydrogen) atoms. The molecule has 1 N–H and O–H groups in total. The lowest BCUT2D eigenvalue weighted by atomic mass is 9.81. The molecule has 8 heteroatoms. The Morgan fingerprint density at radius 3 is 2.24 bits per heavy atom. The Balaban J connectivity index is 1.39. The van der Waals surface area contributed by atoms with Gasteiger partial charge in [0.2, 0.25) is 11.8 Å². The lowest BCUT2D eigenvalue weighted by molar-refractivity contribution is -0.122. The first-order valence-electron chi connectivity index (χ1n) is 10.9. The van der Waals surface area contributed by atoms with Crippen molar-refractivity contribution in [2.45, 2.75) is 32.6 Å². The number of Topliss-reactive ketones (excluding diaryl/α,β-unsaturated/α-hetero) is 1. The summed E-state index contributed by atoms with van der Waals surface area (Å²) >= 11 is 0. The monoisotopic (exact) mass is 448 g/mol. The van der Waals surface area contributed by atoms with E-state index in [1.165, 1.54) is 30.0 Å². The third kappa shape index (κ3) is 4.69. The Morgan fingerprint density at radius 1 is 0.939 bits per heavy atom. The number of fused-ring (bicyclic) bond motifs is 1. The maximum atomic E-state index is 12.8. The molecule has 3 amide bonds. The quantitative estimate of drug-likeness (QED) is 0.412. The van der Waals surface area contributed by atoms with Gasteiger partial charge in [-0.2, -0.15) is 0 Å². The number of nitrogens with one attached hydrogen (secondary N) is 1. The Kier molecular flexibility index (Phi) is 6.35. The summed E-state index contributed by atoms with van der Waals surface area (Å²) in [5, 5.41) is 2.57. The number of rotatable bonds is 6. The van der Waals surface area contributed by atoms with Gasteiger partial charge in [-0.3, -0.25) is 24.1 Å². The van der Waals surface area contributed by atoms with Crippen LogP contribution in [0.4, 0.5) is 11.4 Å². The SMILES string of the molecule is CC(=O)c1cccc(NC(=O)COC(=O)c2cccc(N3C(=O)[C@H]4CCCC[C@H]4C3=O)c2)c1. The van der Waals surface area contributed by atoms with Gasteiger partial charge >= 0.3 is 5.97 Å². The Hall–Kier alpha value is -3.81. The molecule has 2 atom stereocenters. The maximum absolute atomic E-state index is 12.8. The van der Waals surface area contributed by atoms with Gasteiger partial charge in [0.15, 0.2) is 12.4 Å².